The van der Waals surface area contributed by atoms with Crippen LogP contribution in [-0.4, -0.2) is 12.9 Å². The molecule has 0 fully saturated rings. The molecule has 0 rings (SSSR count). The van der Waals surface area contributed by atoms with Crippen molar-refractivity contribution in [1.29, 1.82) is 0 Å². The van der Waals surface area contributed by atoms with Crippen LogP contribution in [0.5, 0.6) is 0 Å². The van der Waals surface area contributed by atoms with E-state index in [4.69, 9.17) is 4.74 Å². The lowest BCUT2D eigenvalue weighted by molar-refractivity contribution is -0.113. The zero-order valence-electron chi connectivity index (χ0n) is 5.69. The van der Waals surface area contributed by atoms with Crippen LogP contribution in [0.15, 0.2) is 10.2 Å². The summed E-state index contributed by atoms with van der Waals surface area (Å²) in [5.41, 5.74) is 0. The SMILES string of the molecule is COC(C)=C(Br)C(C)=O. The van der Waals surface area contributed by atoms with Gasteiger partial charge < -0.3 is 4.74 Å². The first-order chi connectivity index (χ1) is 4.09. The monoisotopic (exact) mass is 192 g/mol. The van der Waals surface area contributed by atoms with Gasteiger partial charge in [0.15, 0.2) is 5.78 Å². The van der Waals surface area contributed by atoms with E-state index in [1.165, 1.54) is 14.0 Å². The molecule has 52 valence electrons. The lowest BCUT2D eigenvalue weighted by atomic mass is 10.4. The third-order valence-corrected chi connectivity index (χ3v) is 2.04. The molecule has 0 aromatic heterocycles. The van der Waals surface area contributed by atoms with Gasteiger partial charge in [-0.15, -0.1) is 0 Å². The minimum atomic E-state index is -0.0191. The number of halogens is 1. The minimum Gasteiger partial charge on any atom is -0.500 e. The zero-order chi connectivity index (χ0) is 7.44. The Bertz CT molecular complexity index is 149. The van der Waals surface area contributed by atoms with Gasteiger partial charge in [0.1, 0.15) is 5.76 Å². The highest BCUT2D eigenvalue weighted by atomic mass is 79.9. The van der Waals surface area contributed by atoms with Crippen molar-refractivity contribution in [3.8, 4) is 0 Å². The highest BCUT2D eigenvalue weighted by Gasteiger charge is 2.02. The molecule has 0 heterocycles. The van der Waals surface area contributed by atoms with Gasteiger partial charge in [-0.2, -0.15) is 0 Å². The molecule has 9 heavy (non-hydrogen) atoms. The second-order valence-electron chi connectivity index (χ2n) is 1.63. The summed E-state index contributed by atoms with van der Waals surface area (Å²) in [5, 5.41) is 0. The lowest BCUT2D eigenvalue weighted by Crippen LogP contribution is -1.93. The molecule has 0 N–H and O–H groups in total. The van der Waals surface area contributed by atoms with Crippen molar-refractivity contribution in [2.75, 3.05) is 7.11 Å². The number of carbonyl (C=O) groups excluding carboxylic acids is 1. The fourth-order valence-corrected chi connectivity index (χ4v) is 0.499. The quantitative estimate of drug-likeness (QED) is 0.494. The van der Waals surface area contributed by atoms with Crippen LogP contribution in [0.1, 0.15) is 13.8 Å². The van der Waals surface area contributed by atoms with Crippen LogP contribution in [0.2, 0.25) is 0 Å². The second-order valence-corrected chi connectivity index (χ2v) is 2.42. The maximum atomic E-state index is 10.6. The third kappa shape index (κ3) is 2.65. The Morgan fingerprint density at radius 1 is 1.44 bits per heavy atom. The highest BCUT2D eigenvalue weighted by Crippen LogP contribution is 2.12. The molecule has 0 saturated carbocycles. The van der Waals surface area contributed by atoms with Gasteiger partial charge in [-0.05, 0) is 29.8 Å². The largest absolute Gasteiger partial charge is 0.500 e. The van der Waals surface area contributed by atoms with E-state index >= 15 is 0 Å². The molecule has 2 nitrogen and oxygen atoms in total. The predicted molar refractivity (Wildman–Crippen MR) is 39.3 cm³/mol. The number of ether oxygens (including phenoxy) is 1. The molecule has 3 heteroatoms. The van der Waals surface area contributed by atoms with E-state index in [2.05, 4.69) is 15.9 Å². The second kappa shape index (κ2) is 3.67. The molecule has 0 aliphatic rings. The van der Waals surface area contributed by atoms with Crippen LogP contribution in [-0.2, 0) is 9.53 Å². The van der Waals surface area contributed by atoms with E-state index in [1.54, 1.807) is 6.92 Å². The van der Waals surface area contributed by atoms with Crippen LogP contribution in [0, 0.1) is 0 Å². The summed E-state index contributed by atoms with van der Waals surface area (Å²) in [5.74, 6) is 0.594. The Hall–Kier alpha value is -0.310. The summed E-state index contributed by atoms with van der Waals surface area (Å²) >= 11 is 3.07. The van der Waals surface area contributed by atoms with Gasteiger partial charge in [0, 0.05) is 0 Å². The van der Waals surface area contributed by atoms with Crippen molar-refractivity contribution in [3.63, 3.8) is 0 Å². The number of hydrogen-bond acceptors (Lipinski definition) is 2. The van der Waals surface area contributed by atoms with E-state index in [0.29, 0.717) is 10.2 Å². The summed E-state index contributed by atoms with van der Waals surface area (Å²) in [6, 6.07) is 0. The Labute approximate surface area is 63.0 Å². The maximum Gasteiger partial charge on any atom is 0.170 e. The van der Waals surface area contributed by atoms with Crippen molar-refractivity contribution in [3.05, 3.63) is 10.2 Å². The minimum absolute atomic E-state index is 0.0191. The molecule has 0 spiro atoms. The van der Waals surface area contributed by atoms with Gasteiger partial charge in [0.25, 0.3) is 0 Å². The number of rotatable bonds is 2. The average molecular weight is 193 g/mol. The Morgan fingerprint density at radius 3 is 2.00 bits per heavy atom. The molecule has 0 amide bonds. The van der Waals surface area contributed by atoms with Crippen LogP contribution < -0.4 is 0 Å². The number of ketones is 1. The van der Waals surface area contributed by atoms with Gasteiger partial charge in [-0.3, -0.25) is 4.79 Å². The number of carbonyl (C=O) groups is 1. The normalized spacial score (nSPS) is 12.4. The van der Waals surface area contributed by atoms with Crippen molar-refractivity contribution >= 4 is 21.7 Å². The van der Waals surface area contributed by atoms with Crippen LogP contribution in [0.4, 0.5) is 0 Å². The van der Waals surface area contributed by atoms with Gasteiger partial charge >= 0.3 is 0 Å². The fourth-order valence-electron chi connectivity index (χ4n) is 0.338. The summed E-state index contributed by atoms with van der Waals surface area (Å²) in [6.07, 6.45) is 0. The fraction of sp³-hybridized carbons (Fsp3) is 0.500. The number of methoxy groups -OCH3 is 1. The predicted octanol–water partition coefficient (Wildman–Crippen LogP) is 1.85. The van der Waals surface area contributed by atoms with Crippen LogP contribution in [0.3, 0.4) is 0 Å². The summed E-state index contributed by atoms with van der Waals surface area (Å²) in [6.45, 7) is 3.21. The van der Waals surface area contributed by atoms with E-state index in [1.807, 2.05) is 0 Å². The molecule has 0 aliphatic heterocycles. The summed E-state index contributed by atoms with van der Waals surface area (Å²) in [4.78, 5) is 10.6. The smallest absolute Gasteiger partial charge is 0.170 e. The first-order valence-corrected chi connectivity index (χ1v) is 3.30. The molecule has 0 unspecified atom stereocenters. The molecule has 0 aliphatic carbocycles. The average Bonchev–Trinajstić information content (AvgIpc) is 1.84. The van der Waals surface area contributed by atoms with Gasteiger partial charge in [0.2, 0.25) is 0 Å². The molecule has 0 saturated heterocycles. The molecular weight excluding hydrogens is 184 g/mol. The number of hydrogen-bond donors (Lipinski definition) is 0. The molecule has 0 aromatic carbocycles. The summed E-state index contributed by atoms with van der Waals surface area (Å²) < 4.78 is 5.29. The van der Waals surface area contributed by atoms with E-state index < -0.39 is 0 Å². The molecule has 0 bridgehead atoms. The maximum absolute atomic E-state index is 10.6. The lowest BCUT2D eigenvalue weighted by Gasteiger charge is -1.99. The van der Waals surface area contributed by atoms with Gasteiger partial charge in [0.05, 0.1) is 11.6 Å². The Kier molecular flexibility index (Phi) is 3.54. The standard InChI is InChI=1S/C6H9BrO2/c1-4(8)6(7)5(2)9-3/h1-3H3. The van der Waals surface area contributed by atoms with E-state index in [0.717, 1.165) is 0 Å². The van der Waals surface area contributed by atoms with Crippen LogP contribution in [0.25, 0.3) is 0 Å². The Balaban J connectivity index is 4.28. The first kappa shape index (κ1) is 8.69. The topological polar surface area (TPSA) is 26.3 Å². The third-order valence-electron chi connectivity index (χ3n) is 0.924. The number of allylic oxidation sites excluding steroid dienone is 2. The highest BCUT2D eigenvalue weighted by molar-refractivity contribution is 9.12. The molecule has 0 aromatic rings. The van der Waals surface area contributed by atoms with E-state index in [-0.39, 0.29) is 5.78 Å². The molecule has 0 radical (unpaired) electrons. The first-order valence-electron chi connectivity index (χ1n) is 2.51. The van der Waals surface area contributed by atoms with Crippen molar-refractivity contribution in [1.82, 2.24) is 0 Å². The molecular formula is C6H9BrO2. The van der Waals surface area contributed by atoms with Crippen LogP contribution >= 0.6 is 15.9 Å². The molecule has 0 atom stereocenters. The Morgan fingerprint density at radius 2 is 1.89 bits per heavy atom. The van der Waals surface area contributed by atoms with Crippen molar-refractivity contribution < 1.29 is 9.53 Å². The van der Waals surface area contributed by atoms with Crippen molar-refractivity contribution in [2.24, 2.45) is 0 Å². The van der Waals surface area contributed by atoms with Gasteiger partial charge in [-0.25, -0.2) is 0 Å². The van der Waals surface area contributed by atoms with Crippen molar-refractivity contribution in [2.45, 2.75) is 13.8 Å². The van der Waals surface area contributed by atoms with Gasteiger partial charge in [-0.1, -0.05) is 0 Å². The summed E-state index contributed by atoms with van der Waals surface area (Å²) in [7, 11) is 1.53. The zero-order valence-corrected chi connectivity index (χ0v) is 7.28. The van der Waals surface area contributed by atoms with E-state index in [9.17, 15) is 4.79 Å². The number of Topliss-reactive ketones (excluding diaryl/α,β-unsaturated/α-hetero) is 1.